The zero-order chi connectivity index (χ0) is 16.8. The smallest absolute Gasteiger partial charge is 0.170 e. The van der Waals surface area contributed by atoms with Crippen molar-refractivity contribution in [3.05, 3.63) is 18.2 Å². The van der Waals surface area contributed by atoms with E-state index in [0.29, 0.717) is 18.3 Å². The summed E-state index contributed by atoms with van der Waals surface area (Å²) in [5, 5.41) is 7.14. The van der Waals surface area contributed by atoms with Crippen LogP contribution in [0.1, 0.15) is 26.2 Å². The van der Waals surface area contributed by atoms with E-state index in [1.807, 2.05) is 18.2 Å². The summed E-state index contributed by atoms with van der Waals surface area (Å²) in [6.45, 7) is 8.05. The molecule has 2 N–H and O–H groups in total. The Bertz CT molecular complexity index is 567. The molecule has 0 radical (unpaired) electrons. The molecule has 0 amide bonds. The first-order valence-corrected chi connectivity index (χ1v) is 9.28. The molecule has 1 saturated heterocycles. The number of nitrogens with zero attached hydrogens (tertiary/aromatic N) is 1. The molecule has 6 heteroatoms. The fraction of sp³-hybridized carbons (Fsp3) is 0.611. The monoisotopic (exact) mass is 349 g/mol. The van der Waals surface area contributed by atoms with E-state index < -0.39 is 0 Å². The van der Waals surface area contributed by atoms with E-state index >= 15 is 0 Å². The lowest BCUT2D eigenvalue weighted by molar-refractivity contribution is 0.171. The van der Waals surface area contributed by atoms with Gasteiger partial charge in [-0.2, -0.15) is 0 Å². The van der Waals surface area contributed by atoms with Gasteiger partial charge in [0.05, 0.1) is 0 Å². The molecule has 3 rings (SSSR count). The fourth-order valence-electron chi connectivity index (χ4n) is 3.29. The quantitative estimate of drug-likeness (QED) is 0.630. The first kappa shape index (κ1) is 17.3. The molecular formula is C18H27N3O2S. The molecule has 0 spiro atoms. The van der Waals surface area contributed by atoms with Gasteiger partial charge in [0.15, 0.2) is 16.6 Å². The van der Waals surface area contributed by atoms with Gasteiger partial charge in [0.1, 0.15) is 13.2 Å². The maximum absolute atomic E-state index is 5.59. The lowest BCUT2D eigenvalue weighted by Crippen LogP contribution is -2.37. The predicted octanol–water partition coefficient (Wildman–Crippen LogP) is 2.87. The van der Waals surface area contributed by atoms with Crippen LogP contribution in [0.25, 0.3) is 0 Å². The molecular weight excluding hydrogens is 322 g/mol. The summed E-state index contributed by atoms with van der Waals surface area (Å²) in [6, 6.07) is 5.80. The first-order valence-electron chi connectivity index (χ1n) is 8.87. The molecule has 2 heterocycles. The van der Waals surface area contributed by atoms with Crippen LogP contribution in [0, 0.1) is 5.92 Å². The van der Waals surface area contributed by atoms with Crippen molar-refractivity contribution >= 4 is 23.0 Å². The number of nitrogens with one attached hydrogen (secondary N) is 2. The number of ether oxygens (including phenoxy) is 2. The first-order chi connectivity index (χ1) is 11.7. The molecule has 1 aromatic carbocycles. The van der Waals surface area contributed by atoms with E-state index in [2.05, 4.69) is 22.5 Å². The number of anilines is 1. The van der Waals surface area contributed by atoms with E-state index in [4.69, 9.17) is 21.7 Å². The number of fused-ring (bicyclic) bond motifs is 1. The number of piperidine rings is 1. The number of benzene rings is 1. The van der Waals surface area contributed by atoms with Gasteiger partial charge in [-0.15, -0.1) is 0 Å². The van der Waals surface area contributed by atoms with Gasteiger partial charge in [0.25, 0.3) is 0 Å². The predicted molar refractivity (Wildman–Crippen MR) is 101 cm³/mol. The van der Waals surface area contributed by atoms with E-state index in [-0.39, 0.29) is 0 Å². The lowest BCUT2D eigenvalue weighted by atomic mass is 10.0. The Balaban J connectivity index is 1.36. The Morgan fingerprint density at radius 1 is 1.29 bits per heavy atom. The zero-order valence-corrected chi connectivity index (χ0v) is 15.2. The zero-order valence-electron chi connectivity index (χ0n) is 14.3. The molecule has 1 fully saturated rings. The molecule has 24 heavy (non-hydrogen) atoms. The van der Waals surface area contributed by atoms with Crippen LogP contribution >= 0.6 is 12.2 Å². The summed E-state index contributed by atoms with van der Waals surface area (Å²) in [4.78, 5) is 2.56. The lowest BCUT2D eigenvalue weighted by Gasteiger charge is -2.30. The minimum atomic E-state index is 0.592. The Morgan fingerprint density at radius 2 is 2.12 bits per heavy atom. The second kappa shape index (κ2) is 8.53. The number of rotatable bonds is 5. The average Bonchev–Trinajstić information content (AvgIpc) is 2.59. The molecule has 0 bridgehead atoms. The van der Waals surface area contributed by atoms with Crippen molar-refractivity contribution in [3.8, 4) is 11.5 Å². The minimum Gasteiger partial charge on any atom is -0.486 e. The molecule has 0 aliphatic carbocycles. The number of hydrogen-bond acceptors (Lipinski definition) is 4. The topological polar surface area (TPSA) is 45.8 Å². The molecule has 132 valence electrons. The van der Waals surface area contributed by atoms with Crippen molar-refractivity contribution in [2.45, 2.75) is 26.2 Å². The average molecular weight is 350 g/mol. The van der Waals surface area contributed by atoms with Crippen molar-refractivity contribution in [2.24, 2.45) is 5.92 Å². The normalized spacial score (nSPS) is 20.5. The summed E-state index contributed by atoms with van der Waals surface area (Å²) in [5.74, 6) is 2.40. The molecule has 2 aliphatic rings. The summed E-state index contributed by atoms with van der Waals surface area (Å²) in [7, 11) is 0. The molecule has 0 saturated carbocycles. The molecule has 0 aromatic heterocycles. The van der Waals surface area contributed by atoms with Gasteiger partial charge in [-0.05, 0) is 62.6 Å². The van der Waals surface area contributed by atoms with Crippen LogP contribution in [-0.4, -0.2) is 49.4 Å². The van der Waals surface area contributed by atoms with Crippen molar-refractivity contribution in [2.75, 3.05) is 44.7 Å². The number of hydrogen-bond donors (Lipinski definition) is 2. The van der Waals surface area contributed by atoms with Crippen LogP contribution < -0.4 is 20.1 Å². The molecule has 1 aromatic rings. The third-order valence-corrected chi connectivity index (χ3v) is 4.72. The maximum atomic E-state index is 5.59. The van der Waals surface area contributed by atoms with Crippen LogP contribution in [0.3, 0.4) is 0 Å². The summed E-state index contributed by atoms with van der Waals surface area (Å²) in [5.41, 5.74) is 0.918. The van der Waals surface area contributed by atoms with Gasteiger partial charge in [0, 0.05) is 24.8 Å². The fourth-order valence-corrected chi connectivity index (χ4v) is 3.51. The van der Waals surface area contributed by atoms with Crippen LogP contribution in [0.2, 0.25) is 0 Å². The Hall–Kier alpha value is -1.53. The van der Waals surface area contributed by atoms with Gasteiger partial charge >= 0.3 is 0 Å². The van der Waals surface area contributed by atoms with Gasteiger partial charge in [-0.3, -0.25) is 0 Å². The largest absolute Gasteiger partial charge is 0.486 e. The molecule has 2 aliphatic heterocycles. The molecule has 0 unspecified atom stereocenters. The highest BCUT2D eigenvalue weighted by molar-refractivity contribution is 7.80. The minimum absolute atomic E-state index is 0.592. The van der Waals surface area contributed by atoms with E-state index in [0.717, 1.165) is 42.6 Å². The van der Waals surface area contributed by atoms with Gasteiger partial charge in [-0.1, -0.05) is 6.92 Å². The second-order valence-electron chi connectivity index (χ2n) is 6.64. The van der Waals surface area contributed by atoms with E-state index in [1.165, 1.54) is 25.9 Å². The molecule has 5 nitrogen and oxygen atoms in total. The van der Waals surface area contributed by atoms with Crippen LogP contribution in [0.4, 0.5) is 5.69 Å². The van der Waals surface area contributed by atoms with E-state index in [9.17, 15) is 0 Å². The third kappa shape index (κ3) is 4.98. The Labute approximate surface area is 149 Å². The number of likely N-dealkylation sites (tertiary alicyclic amines) is 1. The van der Waals surface area contributed by atoms with Crippen LogP contribution in [0.5, 0.6) is 11.5 Å². The maximum Gasteiger partial charge on any atom is 0.170 e. The van der Waals surface area contributed by atoms with Gasteiger partial charge in [0.2, 0.25) is 0 Å². The van der Waals surface area contributed by atoms with E-state index in [1.54, 1.807) is 0 Å². The van der Waals surface area contributed by atoms with Crippen molar-refractivity contribution in [1.29, 1.82) is 0 Å². The Kier molecular flexibility index (Phi) is 6.15. The third-order valence-electron chi connectivity index (χ3n) is 4.48. The highest BCUT2D eigenvalue weighted by Gasteiger charge is 2.15. The Morgan fingerprint density at radius 3 is 2.96 bits per heavy atom. The summed E-state index contributed by atoms with van der Waals surface area (Å²) in [6.07, 6.45) is 3.81. The summed E-state index contributed by atoms with van der Waals surface area (Å²) >= 11 is 5.37. The number of thiocarbonyl (C=S) groups is 1. The summed E-state index contributed by atoms with van der Waals surface area (Å²) < 4.78 is 11.1. The van der Waals surface area contributed by atoms with Crippen LogP contribution in [-0.2, 0) is 0 Å². The highest BCUT2D eigenvalue weighted by atomic mass is 32.1. The molecule has 1 atom stereocenters. The van der Waals surface area contributed by atoms with Crippen molar-refractivity contribution in [1.82, 2.24) is 10.2 Å². The van der Waals surface area contributed by atoms with Gasteiger partial charge < -0.3 is 25.0 Å². The highest BCUT2D eigenvalue weighted by Crippen LogP contribution is 2.32. The van der Waals surface area contributed by atoms with Crippen molar-refractivity contribution in [3.63, 3.8) is 0 Å². The standard InChI is InChI=1S/C18H27N3O2S/c1-14-4-2-8-21(13-14)9-3-7-19-18(24)20-15-5-6-16-17(12-15)23-11-10-22-16/h5-6,12,14H,2-4,7-11,13H2,1H3,(H2,19,20,24)/t14-/m0/s1. The van der Waals surface area contributed by atoms with Gasteiger partial charge in [-0.25, -0.2) is 0 Å². The van der Waals surface area contributed by atoms with Crippen LogP contribution in [0.15, 0.2) is 18.2 Å². The van der Waals surface area contributed by atoms with Crippen molar-refractivity contribution < 1.29 is 9.47 Å². The SMILES string of the molecule is C[C@H]1CCCN(CCCNC(=S)Nc2ccc3c(c2)OCCO3)C1. The second-order valence-corrected chi connectivity index (χ2v) is 7.05.